The number of fused-ring (bicyclic) bond motifs is 5. The number of hydrogen-bond acceptors (Lipinski definition) is 8. The van der Waals surface area contributed by atoms with Crippen molar-refractivity contribution >= 4 is 12.3 Å². The molecule has 4 saturated carbocycles. The van der Waals surface area contributed by atoms with E-state index in [1.807, 2.05) is 6.92 Å². The van der Waals surface area contributed by atoms with E-state index in [9.17, 15) is 19.8 Å². The summed E-state index contributed by atoms with van der Waals surface area (Å²) in [6, 6.07) is 0. The summed E-state index contributed by atoms with van der Waals surface area (Å²) in [6.45, 7) is 4.40. The van der Waals surface area contributed by atoms with Gasteiger partial charge in [0.15, 0.2) is 6.29 Å². The second-order valence-electron chi connectivity index (χ2n) is 13.3. The normalized spacial score (nSPS) is 52.4. The van der Waals surface area contributed by atoms with Crippen molar-refractivity contribution in [2.24, 2.45) is 34.5 Å². The predicted octanol–water partition coefficient (Wildman–Crippen LogP) is 3.32. The van der Waals surface area contributed by atoms with Crippen LogP contribution in [0.25, 0.3) is 0 Å². The fourth-order valence-corrected chi connectivity index (χ4v) is 9.96. The quantitative estimate of drug-likeness (QED) is 0.315. The molecule has 2 aliphatic heterocycles. The van der Waals surface area contributed by atoms with Gasteiger partial charge in [-0.15, -0.1) is 0 Å². The number of rotatable bonds is 5. The van der Waals surface area contributed by atoms with Crippen LogP contribution < -0.4 is 0 Å². The summed E-state index contributed by atoms with van der Waals surface area (Å²) in [4.78, 5) is 24.8. The molecule has 8 nitrogen and oxygen atoms in total. The number of aliphatic hydroxyl groups excluding tert-OH is 1. The van der Waals surface area contributed by atoms with Crippen molar-refractivity contribution in [1.82, 2.24) is 0 Å². The molecule has 6 aliphatic rings. The Labute approximate surface area is 225 Å². The smallest absolute Gasteiger partial charge is 0.331 e. The second-order valence-corrected chi connectivity index (χ2v) is 13.3. The highest BCUT2D eigenvalue weighted by Crippen LogP contribution is 2.69. The highest BCUT2D eigenvalue weighted by molar-refractivity contribution is 5.85. The van der Waals surface area contributed by atoms with Crippen LogP contribution in [0.1, 0.15) is 78.1 Å². The lowest BCUT2D eigenvalue weighted by Crippen LogP contribution is -2.63. The molecule has 0 bridgehead atoms. The van der Waals surface area contributed by atoms with Gasteiger partial charge in [0.2, 0.25) is 0 Å². The van der Waals surface area contributed by atoms with Gasteiger partial charge in [-0.1, -0.05) is 6.92 Å². The number of esters is 1. The summed E-state index contributed by atoms with van der Waals surface area (Å²) in [7, 11) is 1.61. The van der Waals surface area contributed by atoms with Crippen molar-refractivity contribution in [2.45, 2.75) is 114 Å². The molecule has 0 aromatic heterocycles. The third kappa shape index (κ3) is 3.88. The van der Waals surface area contributed by atoms with Crippen LogP contribution in [0.5, 0.6) is 0 Å². The third-order valence-corrected chi connectivity index (χ3v) is 12.0. The molecule has 12 atom stereocenters. The standard InChI is InChI=1S/C30H44O8/c1-17-27(33)24(35-3)14-26(37-17)38-20-6-10-29(16-31)19(13-20)4-5-23-22(29)7-9-28(2)21(8-11-30(23,28)34)18-12-25(32)36-15-18/h12,16-17,19-24,26-27,33-34H,4-11,13-15H2,1-3H3/t17-,19+,20-,21+,22-,23-,24+,26+,27-,28+,29+,30-/m0/s1. The van der Waals surface area contributed by atoms with E-state index < -0.39 is 23.4 Å². The predicted molar refractivity (Wildman–Crippen MR) is 137 cm³/mol. The van der Waals surface area contributed by atoms with Crippen LogP contribution in [0.4, 0.5) is 0 Å². The first-order valence-corrected chi connectivity index (χ1v) is 14.7. The molecule has 0 radical (unpaired) electrons. The summed E-state index contributed by atoms with van der Waals surface area (Å²) in [5.74, 6) is 0.384. The molecule has 0 spiro atoms. The lowest BCUT2D eigenvalue weighted by Gasteiger charge is -2.63. The van der Waals surface area contributed by atoms with Gasteiger partial charge >= 0.3 is 5.97 Å². The van der Waals surface area contributed by atoms with Crippen molar-refractivity contribution in [2.75, 3.05) is 13.7 Å². The number of ether oxygens (including phenoxy) is 4. The summed E-state index contributed by atoms with van der Waals surface area (Å²) in [6.07, 6.45) is 9.21. The van der Waals surface area contributed by atoms with Crippen molar-refractivity contribution in [3.05, 3.63) is 11.6 Å². The van der Waals surface area contributed by atoms with Gasteiger partial charge in [0.05, 0.1) is 23.9 Å². The highest BCUT2D eigenvalue weighted by Gasteiger charge is 2.68. The third-order valence-electron chi connectivity index (χ3n) is 12.0. The molecule has 0 aromatic carbocycles. The molecular formula is C30H44O8. The van der Waals surface area contributed by atoms with Crippen molar-refractivity contribution in [3.8, 4) is 0 Å². The maximum absolute atomic E-state index is 13.0. The monoisotopic (exact) mass is 532 g/mol. The average Bonchev–Trinajstić information content (AvgIpc) is 3.45. The largest absolute Gasteiger partial charge is 0.458 e. The molecule has 0 aromatic rings. The Hall–Kier alpha value is -1.32. The molecule has 38 heavy (non-hydrogen) atoms. The van der Waals surface area contributed by atoms with Crippen molar-refractivity contribution in [3.63, 3.8) is 0 Å². The van der Waals surface area contributed by atoms with Crippen LogP contribution in [0.2, 0.25) is 0 Å². The topological polar surface area (TPSA) is 112 Å². The van der Waals surface area contributed by atoms with E-state index >= 15 is 0 Å². The molecule has 4 aliphatic carbocycles. The summed E-state index contributed by atoms with van der Waals surface area (Å²) >= 11 is 0. The Balaban J connectivity index is 1.18. The first kappa shape index (κ1) is 26.9. The van der Waals surface area contributed by atoms with Crippen LogP contribution in [0.15, 0.2) is 11.6 Å². The number of cyclic esters (lactones) is 1. The Kier molecular flexibility index (Phi) is 6.83. The van der Waals surface area contributed by atoms with Gasteiger partial charge in [-0.05, 0) is 94.0 Å². The molecule has 0 unspecified atom stereocenters. The van der Waals surface area contributed by atoms with Gasteiger partial charge in [-0.2, -0.15) is 0 Å². The van der Waals surface area contributed by atoms with Gasteiger partial charge in [0.25, 0.3) is 0 Å². The van der Waals surface area contributed by atoms with E-state index in [0.717, 1.165) is 63.4 Å². The maximum Gasteiger partial charge on any atom is 0.331 e. The number of methoxy groups -OCH3 is 1. The number of hydrogen-bond donors (Lipinski definition) is 2. The fourth-order valence-electron chi connectivity index (χ4n) is 9.96. The van der Waals surface area contributed by atoms with Gasteiger partial charge in [-0.25, -0.2) is 4.79 Å². The average molecular weight is 533 g/mol. The zero-order chi connectivity index (χ0) is 26.9. The van der Waals surface area contributed by atoms with E-state index in [-0.39, 0.29) is 53.4 Å². The Bertz CT molecular complexity index is 981. The molecule has 2 heterocycles. The summed E-state index contributed by atoms with van der Waals surface area (Å²) in [5, 5.41) is 22.7. The zero-order valence-corrected chi connectivity index (χ0v) is 23.0. The second kappa shape index (κ2) is 9.65. The zero-order valence-electron chi connectivity index (χ0n) is 23.0. The minimum atomic E-state index is -0.830. The van der Waals surface area contributed by atoms with Gasteiger partial charge < -0.3 is 34.0 Å². The lowest BCUT2D eigenvalue weighted by molar-refractivity contribution is -0.272. The maximum atomic E-state index is 13.0. The minimum absolute atomic E-state index is 0.00854. The minimum Gasteiger partial charge on any atom is -0.458 e. The van der Waals surface area contributed by atoms with Gasteiger partial charge in [0.1, 0.15) is 19.0 Å². The van der Waals surface area contributed by atoms with Gasteiger partial charge in [-0.3, -0.25) is 0 Å². The molecule has 212 valence electrons. The number of aliphatic hydroxyl groups is 2. The van der Waals surface area contributed by atoms with Crippen LogP contribution >= 0.6 is 0 Å². The molecule has 5 fully saturated rings. The Morgan fingerprint density at radius 1 is 1.08 bits per heavy atom. The summed E-state index contributed by atoms with van der Waals surface area (Å²) in [5.41, 5.74) is -0.521. The molecular weight excluding hydrogens is 488 g/mol. The molecule has 0 amide bonds. The van der Waals surface area contributed by atoms with E-state index in [2.05, 4.69) is 6.92 Å². The molecule has 6 rings (SSSR count). The van der Waals surface area contributed by atoms with Crippen LogP contribution in [0.3, 0.4) is 0 Å². The highest BCUT2D eigenvalue weighted by atomic mass is 16.7. The lowest BCUT2D eigenvalue weighted by atomic mass is 9.43. The number of carbonyl (C=O) groups is 2. The Morgan fingerprint density at radius 2 is 1.89 bits per heavy atom. The first-order chi connectivity index (χ1) is 18.1. The Morgan fingerprint density at radius 3 is 2.61 bits per heavy atom. The fraction of sp³-hybridized carbons (Fsp3) is 0.867. The van der Waals surface area contributed by atoms with E-state index in [1.54, 1.807) is 13.2 Å². The number of carbonyl (C=O) groups excluding carboxylic acids is 2. The van der Waals surface area contributed by atoms with Crippen LogP contribution in [0, 0.1) is 34.5 Å². The van der Waals surface area contributed by atoms with Crippen molar-refractivity contribution < 1.29 is 38.7 Å². The molecule has 2 N–H and O–H groups in total. The molecule has 8 heteroatoms. The number of aldehydes is 1. The van der Waals surface area contributed by atoms with E-state index in [0.29, 0.717) is 13.0 Å². The SMILES string of the molecule is CO[C@@H]1C[C@@H](O[C@H]2CC[C@@]3(C=O)[C@H](CC[C@H]4[C@@H]3CC[C@]3(C)[C@@H](C5=CC(=O)OC5)CC[C@]43O)C2)O[C@@H](C)[C@@H]1O. The molecule has 1 saturated heterocycles. The summed E-state index contributed by atoms with van der Waals surface area (Å²) < 4.78 is 23.1. The first-order valence-electron chi connectivity index (χ1n) is 14.7. The van der Waals surface area contributed by atoms with Crippen molar-refractivity contribution in [1.29, 1.82) is 0 Å². The van der Waals surface area contributed by atoms with E-state index in [1.165, 1.54) is 6.29 Å². The van der Waals surface area contributed by atoms with Crippen LogP contribution in [-0.4, -0.2) is 72.5 Å². The van der Waals surface area contributed by atoms with E-state index in [4.69, 9.17) is 18.9 Å². The van der Waals surface area contributed by atoms with Gasteiger partial charge in [0, 0.05) is 30.4 Å². The van der Waals surface area contributed by atoms with Crippen LogP contribution in [-0.2, 0) is 28.5 Å².